The molecule has 4 aromatic heterocycles. The average molecular weight is 759 g/mol. The van der Waals surface area contributed by atoms with Gasteiger partial charge >= 0.3 is 23.9 Å². The predicted molar refractivity (Wildman–Crippen MR) is 203 cm³/mol. The summed E-state index contributed by atoms with van der Waals surface area (Å²) < 4.78 is 29.4. The molecule has 2 aliphatic heterocycles. The predicted octanol–water partition coefficient (Wildman–Crippen LogP) is 6.11. The Morgan fingerprint density at radius 3 is 1.15 bits per heavy atom. The first kappa shape index (κ1) is 39.6. The molecule has 6 heterocycles. The highest BCUT2D eigenvalue weighted by atomic mass is 16.7. The van der Waals surface area contributed by atoms with E-state index in [1.54, 1.807) is 0 Å². The first-order chi connectivity index (χ1) is 25.6. The molecule has 0 radical (unpaired) electrons. The van der Waals surface area contributed by atoms with Gasteiger partial charge < -0.3 is 43.6 Å². The average Bonchev–Trinajstić information content (AvgIpc) is 3.92. The van der Waals surface area contributed by atoms with Crippen LogP contribution in [-0.2, 0) is 64.5 Å². The van der Waals surface area contributed by atoms with Crippen molar-refractivity contribution in [1.82, 2.24) is 19.9 Å². The number of carbonyl (C=O) groups is 4. The number of H-pyrrole nitrogens is 4. The highest BCUT2D eigenvalue weighted by molar-refractivity contribution is 5.69. The van der Waals surface area contributed by atoms with E-state index in [0.29, 0.717) is 0 Å². The molecule has 1 saturated heterocycles. The summed E-state index contributed by atoms with van der Waals surface area (Å²) in [7, 11) is 0. The fourth-order valence-electron chi connectivity index (χ4n) is 8.10. The minimum atomic E-state index is -1.27. The molecule has 0 aliphatic carbocycles. The van der Waals surface area contributed by atoms with Crippen LogP contribution in [0.15, 0.2) is 48.5 Å². The first-order valence-corrected chi connectivity index (χ1v) is 18.7. The van der Waals surface area contributed by atoms with Gasteiger partial charge in [-0.3, -0.25) is 19.2 Å². The van der Waals surface area contributed by atoms with Crippen molar-refractivity contribution in [2.45, 2.75) is 135 Å². The smallest absolute Gasteiger partial charge is 0.303 e. The number of nitrogens with one attached hydrogen (secondary N) is 4. The van der Waals surface area contributed by atoms with Crippen LogP contribution in [0.25, 0.3) is 0 Å². The molecule has 0 amide bonds. The normalized spacial score (nSPS) is 24.7. The maximum atomic E-state index is 12.7. The van der Waals surface area contributed by atoms with Crippen molar-refractivity contribution in [2.24, 2.45) is 0 Å². The second kappa shape index (κ2) is 14.2. The summed E-state index contributed by atoms with van der Waals surface area (Å²) in [6.07, 6.45) is -5.55. The van der Waals surface area contributed by atoms with Gasteiger partial charge in [0, 0.05) is 89.5 Å². The largest absolute Gasteiger partial charge is 0.463 e. The monoisotopic (exact) mass is 758 g/mol. The van der Waals surface area contributed by atoms with Crippen LogP contribution in [-0.4, -0.2) is 80.9 Å². The molecule has 4 aromatic rings. The van der Waals surface area contributed by atoms with Gasteiger partial charge in [0.05, 0.1) is 5.41 Å². The van der Waals surface area contributed by atoms with Gasteiger partial charge in [-0.25, -0.2) is 0 Å². The summed E-state index contributed by atoms with van der Waals surface area (Å²) >= 11 is 0. The highest BCUT2D eigenvalue weighted by Gasteiger charge is 2.54. The minimum Gasteiger partial charge on any atom is -0.463 e. The first-order valence-electron chi connectivity index (χ1n) is 18.7. The second-order valence-electron chi connectivity index (χ2n) is 16.8. The topological polar surface area (TPSA) is 178 Å². The minimum absolute atomic E-state index is 0.181. The summed E-state index contributed by atoms with van der Waals surface area (Å²) in [5.74, 6) is -2.59. The van der Waals surface area contributed by atoms with Gasteiger partial charge in [0.25, 0.3) is 0 Å². The van der Waals surface area contributed by atoms with Gasteiger partial charge in [-0.05, 0) is 103 Å². The van der Waals surface area contributed by atoms with Gasteiger partial charge in [-0.2, -0.15) is 0 Å². The molecule has 13 nitrogen and oxygen atoms in total. The molecule has 1 fully saturated rings. The van der Waals surface area contributed by atoms with Gasteiger partial charge in [0.2, 0.25) is 0 Å². The van der Waals surface area contributed by atoms with Gasteiger partial charge in [-0.15, -0.1) is 0 Å². The van der Waals surface area contributed by atoms with Crippen LogP contribution in [0.1, 0.15) is 128 Å². The number of carbonyl (C=O) groups excluding carboxylic acids is 4. The van der Waals surface area contributed by atoms with Gasteiger partial charge in [-0.1, -0.05) is 0 Å². The second-order valence-corrected chi connectivity index (χ2v) is 16.8. The van der Waals surface area contributed by atoms with Crippen molar-refractivity contribution < 1.29 is 42.9 Å². The summed E-state index contributed by atoms with van der Waals surface area (Å²) in [5, 5.41) is 0. The van der Waals surface area contributed by atoms with Crippen LogP contribution >= 0.6 is 0 Å². The number of rotatable bonds is 7. The molecular weight excluding hydrogens is 704 g/mol. The van der Waals surface area contributed by atoms with Crippen molar-refractivity contribution in [3.05, 3.63) is 94.1 Å². The summed E-state index contributed by atoms with van der Waals surface area (Å²) in [4.78, 5) is 64.7. The molecule has 296 valence electrons. The van der Waals surface area contributed by atoms with E-state index in [9.17, 15) is 19.2 Å². The number of hydrogen-bond acceptors (Lipinski definition) is 9. The summed E-state index contributed by atoms with van der Waals surface area (Å²) in [6, 6.07) is 16.8. The lowest BCUT2D eigenvalue weighted by molar-refractivity contribution is -0.254. The SMILES string of the molecule is CC(=O)OC[C@H]1O[C@@H](CC2(C)c3ccc([nH]3)C(C)(C)c3ccc([nH]3)C(C)(C)c3ccc([nH]3)C(C)(C)c3ccc2[nH]3)[C@H](OC(C)=O)[C@@H](OC(C)=O)[C@@H]1OC(C)=O. The Balaban J connectivity index is 1.53. The molecule has 0 unspecified atom stereocenters. The fraction of sp³-hybridized carbons (Fsp3) is 0.524. The molecule has 4 N–H and O–H groups in total. The molecule has 0 saturated carbocycles. The maximum absolute atomic E-state index is 12.7. The molecule has 2 aliphatic rings. The zero-order chi connectivity index (χ0) is 40.2. The van der Waals surface area contributed by atoms with Crippen molar-refractivity contribution in [3.63, 3.8) is 0 Å². The maximum Gasteiger partial charge on any atom is 0.303 e. The third-order valence-corrected chi connectivity index (χ3v) is 11.7. The van der Waals surface area contributed by atoms with E-state index in [4.69, 9.17) is 23.7 Å². The van der Waals surface area contributed by atoms with Crippen LogP contribution in [0, 0.1) is 0 Å². The van der Waals surface area contributed by atoms with Crippen molar-refractivity contribution in [3.8, 4) is 0 Å². The number of ether oxygens (including phenoxy) is 5. The van der Waals surface area contributed by atoms with E-state index in [0.717, 1.165) is 45.6 Å². The van der Waals surface area contributed by atoms with E-state index in [-0.39, 0.29) is 18.4 Å². The van der Waals surface area contributed by atoms with Crippen molar-refractivity contribution in [1.29, 1.82) is 0 Å². The zero-order valence-electron chi connectivity index (χ0n) is 33.6. The number of aromatic amines is 4. The van der Waals surface area contributed by atoms with Gasteiger partial charge in [0.1, 0.15) is 18.8 Å². The Morgan fingerprint density at radius 1 is 0.491 bits per heavy atom. The summed E-state index contributed by atoms with van der Waals surface area (Å²) in [6.45, 7) is 19.7. The van der Waals surface area contributed by atoms with Crippen LogP contribution in [0.3, 0.4) is 0 Å². The van der Waals surface area contributed by atoms with E-state index in [1.165, 1.54) is 27.7 Å². The Morgan fingerprint density at radius 2 is 0.800 bits per heavy atom. The lowest BCUT2D eigenvalue weighted by atomic mass is 9.75. The molecule has 13 heteroatoms. The van der Waals surface area contributed by atoms with Crippen molar-refractivity contribution >= 4 is 23.9 Å². The Kier molecular flexibility index (Phi) is 10.3. The van der Waals surface area contributed by atoms with Gasteiger partial charge in [0.15, 0.2) is 18.3 Å². The van der Waals surface area contributed by atoms with E-state index >= 15 is 0 Å². The van der Waals surface area contributed by atoms with E-state index in [2.05, 4.69) is 117 Å². The van der Waals surface area contributed by atoms with E-state index in [1.807, 2.05) is 0 Å². The summed E-state index contributed by atoms with van der Waals surface area (Å²) in [5.41, 5.74) is 5.69. The lowest BCUT2D eigenvalue weighted by Crippen LogP contribution is -2.63. The quantitative estimate of drug-likeness (QED) is 0.128. The van der Waals surface area contributed by atoms with Crippen LogP contribution in [0.2, 0.25) is 0 Å². The molecule has 5 atom stereocenters. The Hall–Kier alpha value is -5.04. The lowest BCUT2D eigenvalue weighted by Gasteiger charge is -2.46. The number of hydrogen-bond donors (Lipinski definition) is 4. The fourth-order valence-corrected chi connectivity index (χ4v) is 8.10. The third-order valence-electron chi connectivity index (χ3n) is 11.7. The standard InChI is InChI=1S/C42H54N4O9/c1-22(47)51-21-27-37(53-24(3)49)38(54-25(4)50)36(52-23(2)48)26(55-27)20-42(11)34-18-16-32(45-34)40(7,8)30-14-12-28(43-30)39(5,6)29-13-15-31(44-29)41(9,10)33-17-19-35(42)46-33/h12-19,26-27,36-38,43-46H,20-21H2,1-11H3/t26-,27+,36-,37+,38+/m0/s1. The third kappa shape index (κ3) is 7.38. The number of aromatic nitrogens is 4. The number of esters is 4. The zero-order valence-corrected chi connectivity index (χ0v) is 33.6. The molecule has 55 heavy (non-hydrogen) atoms. The molecule has 0 spiro atoms. The van der Waals surface area contributed by atoms with Crippen LogP contribution in [0.5, 0.6) is 0 Å². The van der Waals surface area contributed by atoms with Crippen molar-refractivity contribution in [2.75, 3.05) is 6.61 Å². The Bertz CT molecular complexity index is 1980. The molecular formula is C42H54N4O9. The molecule has 8 bridgehead atoms. The Labute approximate surface area is 321 Å². The molecule has 0 aromatic carbocycles. The van der Waals surface area contributed by atoms with E-state index < -0.39 is 70.6 Å². The van der Waals surface area contributed by atoms with Crippen LogP contribution < -0.4 is 0 Å². The highest BCUT2D eigenvalue weighted by Crippen LogP contribution is 2.44. The number of fused-ring (bicyclic) bond motifs is 8. The van der Waals surface area contributed by atoms with Crippen LogP contribution in [0.4, 0.5) is 0 Å². The molecule has 6 rings (SSSR count).